The van der Waals surface area contributed by atoms with Gasteiger partial charge in [0.05, 0.1) is 5.92 Å². The molecule has 0 aromatic rings. The molecule has 0 aromatic carbocycles. The van der Waals surface area contributed by atoms with Crippen LogP contribution in [0.25, 0.3) is 0 Å². The first-order valence-corrected chi connectivity index (χ1v) is 2.69. The molecule has 1 heterocycles. The van der Waals surface area contributed by atoms with Crippen molar-refractivity contribution >= 4 is 11.9 Å². The zero-order chi connectivity index (χ0) is 6.85. The highest BCUT2D eigenvalue weighted by Gasteiger charge is 2.26. The fourth-order valence-electron chi connectivity index (χ4n) is 0.780. The normalized spacial score (nSPS) is 25.8. The van der Waals surface area contributed by atoms with Gasteiger partial charge in [0.25, 0.3) is 0 Å². The fourth-order valence-corrected chi connectivity index (χ4v) is 0.780. The van der Waals surface area contributed by atoms with Gasteiger partial charge in [-0.3, -0.25) is 9.59 Å². The molecule has 1 saturated heterocycles. The Balaban J connectivity index is 2.48. The van der Waals surface area contributed by atoms with Crippen molar-refractivity contribution in [3.8, 4) is 0 Å². The molecule has 0 unspecified atom stereocenters. The van der Waals surface area contributed by atoms with Gasteiger partial charge in [-0.2, -0.15) is 0 Å². The van der Waals surface area contributed by atoms with Crippen molar-refractivity contribution in [1.82, 2.24) is 5.32 Å². The van der Waals surface area contributed by atoms with Crippen LogP contribution in [0.15, 0.2) is 0 Å². The molecule has 0 aliphatic carbocycles. The third kappa shape index (κ3) is 1.19. The van der Waals surface area contributed by atoms with Crippen LogP contribution in [0, 0.1) is 5.92 Å². The van der Waals surface area contributed by atoms with E-state index in [9.17, 15) is 9.59 Å². The molecule has 2 N–H and O–H groups in total. The molecular weight excluding hydrogens is 122 g/mol. The van der Waals surface area contributed by atoms with E-state index in [-0.39, 0.29) is 18.9 Å². The maximum Gasteiger partial charge on any atom is 0.308 e. The summed E-state index contributed by atoms with van der Waals surface area (Å²) in [5, 5.41) is 10.8. The predicted molar refractivity (Wildman–Crippen MR) is 28.8 cm³/mol. The smallest absolute Gasteiger partial charge is 0.308 e. The summed E-state index contributed by atoms with van der Waals surface area (Å²) in [5.74, 6) is -1.56. The lowest BCUT2D eigenvalue weighted by atomic mass is 10.1. The van der Waals surface area contributed by atoms with Crippen LogP contribution in [0.3, 0.4) is 0 Å². The van der Waals surface area contributed by atoms with E-state index in [2.05, 4.69) is 5.32 Å². The first-order valence-electron chi connectivity index (χ1n) is 2.69. The number of hydrogen-bond acceptors (Lipinski definition) is 2. The van der Waals surface area contributed by atoms with Gasteiger partial charge >= 0.3 is 5.97 Å². The van der Waals surface area contributed by atoms with Crippen LogP contribution in [0.4, 0.5) is 0 Å². The Hall–Kier alpha value is -1.06. The van der Waals surface area contributed by atoms with Gasteiger partial charge in [0, 0.05) is 13.0 Å². The van der Waals surface area contributed by atoms with Gasteiger partial charge in [-0.15, -0.1) is 0 Å². The number of nitrogens with one attached hydrogen (secondary N) is 1. The molecule has 1 rings (SSSR count). The monoisotopic (exact) mass is 129 g/mol. The molecule has 1 amide bonds. The van der Waals surface area contributed by atoms with Crippen LogP contribution in [-0.2, 0) is 9.59 Å². The molecule has 0 saturated carbocycles. The number of hydrogen-bond donors (Lipinski definition) is 2. The topological polar surface area (TPSA) is 66.4 Å². The molecule has 1 atom stereocenters. The van der Waals surface area contributed by atoms with Crippen molar-refractivity contribution in [2.75, 3.05) is 6.54 Å². The summed E-state index contributed by atoms with van der Waals surface area (Å²) < 4.78 is 0. The average molecular weight is 129 g/mol. The second-order valence-corrected chi connectivity index (χ2v) is 2.04. The van der Waals surface area contributed by atoms with Crippen LogP contribution in [0.2, 0.25) is 0 Å². The van der Waals surface area contributed by atoms with Gasteiger partial charge < -0.3 is 10.4 Å². The highest BCUT2D eigenvalue weighted by Crippen LogP contribution is 2.07. The highest BCUT2D eigenvalue weighted by molar-refractivity contribution is 5.85. The molecule has 4 nitrogen and oxygen atoms in total. The first-order chi connectivity index (χ1) is 4.20. The summed E-state index contributed by atoms with van der Waals surface area (Å²) in [7, 11) is 0. The van der Waals surface area contributed by atoms with Gasteiger partial charge in [-0.1, -0.05) is 0 Å². The lowest BCUT2D eigenvalue weighted by molar-refractivity contribution is -0.141. The number of carboxylic acid groups (broad SMARTS) is 1. The SMILES string of the molecule is O=C1C[C@@H](C(=O)O)CN1. The van der Waals surface area contributed by atoms with Crippen molar-refractivity contribution < 1.29 is 14.7 Å². The zero-order valence-corrected chi connectivity index (χ0v) is 4.76. The minimum absolute atomic E-state index is 0.134. The maximum absolute atomic E-state index is 10.4. The van der Waals surface area contributed by atoms with Crippen LogP contribution >= 0.6 is 0 Å². The molecule has 1 aliphatic rings. The molecular formula is C5H7NO3. The van der Waals surface area contributed by atoms with Crippen molar-refractivity contribution in [3.05, 3.63) is 0 Å². The Bertz CT molecular complexity index is 154. The summed E-state index contributed by atoms with van der Waals surface area (Å²) in [5.41, 5.74) is 0. The Morgan fingerprint density at radius 2 is 2.44 bits per heavy atom. The number of amides is 1. The fraction of sp³-hybridized carbons (Fsp3) is 0.600. The van der Waals surface area contributed by atoms with Crippen molar-refractivity contribution in [3.63, 3.8) is 0 Å². The lowest BCUT2D eigenvalue weighted by Gasteiger charge is -1.95. The van der Waals surface area contributed by atoms with E-state index in [1.807, 2.05) is 0 Å². The van der Waals surface area contributed by atoms with E-state index in [1.165, 1.54) is 0 Å². The van der Waals surface area contributed by atoms with E-state index in [1.54, 1.807) is 0 Å². The van der Waals surface area contributed by atoms with Crippen LogP contribution in [0.5, 0.6) is 0 Å². The first kappa shape index (κ1) is 6.07. The van der Waals surface area contributed by atoms with Crippen LogP contribution in [-0.4, -0.2) is 23.5 Å². The zero-order valence-electron chi connectivity index (χ0n) is 4.76. The van der Waals surface area contributed by atoms with Crippen LogP contribution in [0.1, 0.15) is 6.42 Å². The number of carbonyl (C=O) groups is 2. The summed E-state index contributed by atoms with van der Waals surface area (Å²) >= 11 is 0. The summed E-state index contributed by atoms with van der Waals surface area (Å²) in [4.78, 5) is 20.5. The van der Waals surface area contributed by atoms with Gasteiger partial charge in [-0.25, -0.2) is 0 Å². The molecule has 0 radical (unpaired) electrons. The predicted octanol–water partition coefficient (Wildman–Crippen LogP) is -0.793. The van der Waals surface area contributed by atoms with Crippen molar-refractivity contribution in [2.45, 2.75) is 6.42 Å². The molecule has 50 valence electrons. The Morgan fingerprint density at radius 3 is 2.67 bits per heavy atom. The van der Waals surface area contributed by atoms with Gasteiger partial charge in [0.1, 0.15) is 0 Å². The van der Waals surface area contributed by atoms with E-state index < -0.39 is 11.9 Å². The maximum atomic E-state index is 10.4. The highest BCUT2D eigenvalue weighted by atomic mass is 16.4. The van der Waals surface area contributed by atoms with E-state index in [0.717, 1.165) is 0 Å². The summed E-state index contributed by atoms with van der Waals surface area (Å²) in [6.07, 6.45) is 0.134. The standard InChI is InChI=1S/C5H7NO3/c7-4-1-3(2-6-4)5(8)9/h3H,1-2H2,(H,6,7)(H,8,9)/t3-/m1/s1. The molecule has 0 aromatic heterocycles. The van der Waals surface area contributed by atoms with Gasteiger partial charge in [0.15, 0.2) is 0 Å². The Labute approximate surface area is 51.9 Å². The van der Waals surface area contributed by atoms with Crippen molar-refractivity contribution in [2.24, 2.45) is 5.92 Å². The summed E-state index contributed by atoms with van der Waals surface area (Å²) in [6, 6.07) is 0. The third-order valence-electron chi connectivity index (χ3n) is 1.33. The molecule has 1 fully saturated rings. The average Bonchev–Trinajstić information content (AvgIpc) is 2.14. The molecule has 0 spiro atoms. The number of carboxylic acids is 1. The quantitative estimate of drug-likeness (QED) is 0.487. The van der Waals surface area contributed by atoms with E-state index in [4.69, 9.17) is 5.11 Å². The largest absolute Gasteiger partial charge is 0.481 e. The molecule has 0 bridgehead atoms. The third-order valence-corrected chi connectivity index (χ3v) is 1.33. The minimum atomic E-state index is -0.895. The number of rotatable bonds is 1. The second kappa shape index (κ2) is 2.05. The molecule has 1 aliphatic heterocycles. The minimum Gasteiger partial charge on any atom is -0.481 e. The van der Waals surface area contributed by atoms with Crippen LogP contribution < -0.4 is 5.32 Å². The number of aliphatic carboxylic acids is 1. The number of carbonyl (C=O) groups excluding carboxylic acids is 1. The Kier molecular flexibility index (Phi) is 1.38. The molecule has 4 heteroatoms. The van der Waals surface area contributed by atoms with Gasteiger partial charge in [0.2, 0.25) is 5.91 Å². The van der Waals surface area contributed by atoms with Gasteiger partial charge in [-0.05, 0) is 0 Å². The lowest BCUT2D eigenvalue weighted by Crippen LogP contribution is -2.17. The van der Waals surface area contributed by atoms with E-state index in [0.29, 0.717) is 0 Å². The summed E-state index contributed by atoms with van der Waals surface area (Å²) in [6.45, 7) is 0.286. The second-order valence-electron chi connectivity index (χ2n) is 2.04. The molecule has 9 heavy (non-hydrogen) atoms. The van der Waals surface area contributed by atoms with E-state index >= 15 is 0 Å². The van der Waals surface area contributed by atoms with Crippen molar-refractivity contribution in [1.29, 1.82) is 0 Å². The Morgan fingerprint density at radius 1 is 1.78 bits per heavy atom.